The Hall–Kier alpha value is -3.12. The molecule has 0 bridgehead atoms. The first kappa shape index (κ1) is 19.2. The average Bonchev–Trinajstić information content (AvgIpc) is 2.75. The number of aryl methyl sites for hydroxylation is 1. The van der Waals surface area contributed by atoms with E-state index in [0.717, 1.165) is 48.4 Å². The molecule has 2 heterocycles. The van der Waals surface area contributed by atoms with E-state index in [2.05, 4.69) is 15.6 Å². The van der Waals surface area contributed by atoms with Crippen LogP contribution in [0.4, 0.5) is 11.4 Å². The van der Waals surface area contributed by atoms with Crippen molar-refractivity contribution in [2.75, 3.05) is 25.1 Å². The number of carbonyl (C=O) groups is 1. The molecule has 0 unspecified atom stereocenters. The van der Waals surface area contributed by atoms with Gasteiger partial charge in [0.25, 0.3) is 5.91 Å². The molecule has 6 heteroatoms. The number of para-hydroxylation sites is 1. The van der Waals surface area contributed by atoms with Crippen LogP contribution >= 0.6 is 0 Å². The molecule has 4 rings (SSSR count). The number of aromatic nitrogens is 1. The molecule has 1 aromatic heterocycles. The van der Waals surface area contributed by atoms with E-state index in [1.54, 1.807) is 24.4 Å². The summed E-state index contributed by atoms with van der Waals surface area (Å²) in [4.78, 5) is 17.3. The van der Waals surface area contributed by atoms with Gasteiger partial charge >= 0.3 is 0 Å². The Balaban J connectivity index is 1.59. The summed E-state index contributed by atoms with van der Waals surface area (Å²) in [5.41, 5.74) is 3.87. The molecule has 6 nitrogen and oxygen atoms in total. The third kappa shape index (κ3) is 4.32. The van der Waals surface area contributed by atoms with Crippen LogP contribution in [0.2, 0.25) is 0 Å². The van der Waals surface area contributed by atoms with Gasteiger partial charge < -0.3 is 20.5 Å². The molecule has 3 aromatic rings. The maximum absolute atomic E-state index is 12.8. The van der Waals surface area contributed by atoms with Crippen molar-refractivity contribution in [1.82, 2.24) is 10.3 Å². The number of rotatable bonds is 5. The number of phenols is 1. The molecule has 0 radical (unpaired) electrons. The normalized spacial score (nSPS) is 14.7. The van der Waals surface area contributed by atoms with E-state index in [0.29, 0.717) is 23.5 Å². The van der Waals surface area contributed by atoms with Gasteiger partial charge in [0.05, 0.1) is 11.1 Å². The number of anilines is 2. The highest BCUT2D eigenvalue weighted by Gasteiger charge is 2.17. The van der Waals surface area contributed by atoms with Gasteiger partial charge in [-0.05, 0) is 49.4 Å². The van der Waals surface area contributed by atoms with Crippen molar-refractivity contribution in [2.24, 2.45) is 5.92 Å². The molecule has 1 aliphatic rings. The van der Waals surface area contributed by atoms with E-state index >= 15 is 0 Å². The lowest BCUT2D eigenvalue weighted by Gasteiger charge is -2.22. The highest BCUT2D eigenvalue weighted by Crippen LogP contribution is 2.30. The molecule has 1 aliphatic heterocycles. The summed E-state index contributed by atoms with van der Waals surface area (Å²) in [6, 6.07) is 12.7. The third-order valence-corrected chi connectivity index (χ3v) is 5.40. The number of fused-ring (bicyclic) bond motifs is 1. The van der Waals surface area contributed by atoms with Crippen LogP contribution in [0.1, 0.15) is 28.8 Å². The SMILES string of the molecule is Cc1ccc(O)cc1Nc1ccnc2c(C(=O)NCC3CCOCC3)cccc12. The van der Waals surface area contributed by atoms with Gasteiger partial charge in [-0.25, -0.2) is 0 Å². The van der Waals surface area contributed by atoms with Crippen molar-refractivity contribution in [3.05, 3.63) is 59.8 Å². The van der Waals surface area contributed by atoms with Gasteiger partial charge in [0.15, 0.2) is 0 Å². The number of phenolic OH excluding ortho intramolecular Hbond substituents is 1. The minimum Gasteiger partial charge on any atom is -0.508 e. The fourth-order valence-corrected chi connectivity index (χ4v) is 3.64. The lowest BCUT2D eigenvalue weighted by atomic mass is 10.00. The lowest BCUT2D eigenvalue weighted by molar-refractivity contribution is 0.0643. The molecule has 0 saturated carbocycles. The van der Waals surface area contributed by atoms with Crippen LogP contribution in [0.15, 0.2) is 48.7 Å². The summed E-state index contributed by atoms with van der Waals surface area (Å²) in [6.45, 7) is 4.15. The lowest BCUT2D eigenvalue weighted by Crippen LogP contribution is -2.32. The molecule has 29 heavy (non-hydrogen) atoms. The predicted molar refractivity (Wildman–Crippen MR) is 114 cm³/mol. The predicted octanol–water partition coefficient (Wildman–Crippen LogP) is 4.15. The fraction of sp³-hybridized carbons (Fsp3) is 0.304. The first-order chi connectivity index (χ1) is 14.1. The third-order valence-electron chi connectivity index (χ3n) is 5.40. The number of hydrogen-bond acceptors (Lipinski definition) is 5. The fourth-order valence-electron chi connectivity index (χ4n) is 3.64. The molecule has 1 amide bonds. The molecular weight excluding hydrogens is 366 g/mol. The second kappa shape index (κ2) is 8.49. The van der Waals surface area contributed by atoms with Crippen molar-refractivity contribution in [1.29, 1.82) is 0 Å². The van der Waals surface area contributed by atoms with Crippen LogP contribution in [0, 0.1) is 12.8 Å². The van der Waals surface area contributed by atoms with Crippen molar-refractivity contribution in [2.45, 2.75) is 19.8 Å². The molecule has 0 aliphatic carbocycles. The summed E-state index contributed by atoms with van der Waals surface area (Å²) in [6.07, 6.45) is 3.65. The van der Waals surface area contributed by atoms with Crippen molar-refractivity contribution < 1.29 is 14.6 Å². The van der Waals surface area contributed by atoms with E-state index in [1.165, 1.54) is 0 Å². The van der Waals surface area contributed by atoms with Crippen LogP contribution in [0.3, 0.4) is 0 Å². The van der Waals surface area contributed by atoms with E-state index in [1.807, 2.05) is 31.2 Å². The number of pyridine rings is 1. The number of ether oxygens (including phenoxy) is 1. The van der Waals surface area contributed by atoms with Gasteiger partial charge in [0.1, 0.15) is 5.75 Å². The van der Waals surface area contributed by atoms with E-state index in [9.17, 15) is 9.90 Å². The molecule has 0 spiro atoms. The number of hydrogen-bond donors (Lipinski definition) is 3. The number of benzene rings is 2. The number of carbonyl (C=O) groups excluding carboxylic acids is 1. The minimum atomic E-state index is -0.111. The number of nitrogens with one attached hydrogen (secondary N) is 2. The molecule has 1 saturated heterocycles. The Morgan fingerprint density at radius 2 is 2.00 bits per heavy atom. The van der Waals surface area contributed by atoms with Gasteiger partial charge in [-0.3, -0.25) is 9.78 Å². The number of amides is 1. The van der Waals surface area contributed by atoms with E-state index < -0.39 is 0 Å². The van der Waals surface area contributed by atoms with Crippen molar-refractivity contribution in [3.8, 4) is 5.75 Å². The first-order valence-electron chi connectivity index (χ1n) is 9.92. The van der Waals surface area contributed by atoms with Gasteiger partial charge in [-0.1, -0.05) is 18.2 Å². The van der Waals surface area contributed by atoms with Gasteiger partial charge in [0, 0.05) is 48.8 Å². The van der Waals surface area contributed by atoms with Crippen molar-refractivity contribution >= 4 is 28.2 Å². The standard InChI is InChI=1S/C23H25N3O3/c1-15-5-6-17(27)13-21(15)26-20-7-10-24-22-18(20)3-2-4-19(22)23(28)25-14-16-8-11-29-12-9-16/h2-7,10,13,16,27H,8-9,11-12,14H2,1H3,(H,24,26)(H,25,28). The zero-order chi connectivity index (χ0) is 20.2. The van der Waals surface area contributed by atoms with Gasteiger partial charge in [-0.2, -0.15) is 0 Å². The Bertz CT molecular complexity index is 1030. The quantitative estimate of drug-likeness (QED) is 0.609. The maximum Gasteiger partial charge on any atom is 0.253 e. The Kier molecular flexibility index (Phi) is 5.62. The molecule has 2 aromatic carbocycles. The first-order valence-corrected chi connectivity index (χ1v) is 9.92. The van der Waals surface area contributed by atoms with E-state index in [4.69, 9.17) is 4.74 Å². The van der Waals surface area contributed by atoms with Crippen LogP contribution in [-0.2, 0) is 4.74 Å². The van der Waals surface area contributed by atoms with E-state index in [-0.39, 0.29) is 11.7 Å². The smallest absolute Gasteiger partial charge is 0.253 e. The van der Waals surface area contributed by atoms with Crippen molar-refractivity contribution in [3.63, 3.8) is 0 Å². The molecule has 3 N–H and O–H groups in total. The minimum absolute atomic E-state index is 0.111. The second-order valence-corrected chi connectivity index (χ2v) is 7.45. The zero-order valence-corrected chi connectivity index (χ0v) is 16.4. The van der Waals surface area contributed by atoms with Crippen LogP contribution in [0.5, 0.6) is 5.75 Å². The van der Waals surface area contributed by atoms with Crippen LogP contribution in [0.25, 0.3) is 10.9 Å². The molecule has 1 fully saturated rings. The highest BCUT2D eigenvalue weighted by atomic mass is 16.5. The topological polar surface area (TPSA) is 83.5 Å². The monoisotopic (exact) mass is 391 g/mol. The maximum atomic E-state index is 12.8. The summed E-state index contributed by atoms with van der Waals surface area (Å²) in [7, 11) is 0. The summed E-state index contributed by atoms with van der Waals surface area (Å²) >= 11 is 0. The highest BCUT2D eigenvalue weighted by molar-refractivity contribution is 6.08. The molecule has 0 atom stereocenters. The summed E-state index contributed by atoms with van der Waals surface area (Å²) < 4.78 is 5.38. The van der Waals surface area contributed by atoms with Crippen LogP contribution in [-0.4, -0.2) is 35.8 Å². The van der Waals surface area contributed by atoms with Gasteiger partial charge in [0.2, 0.25) is 0 Å². The van der Waals surface area contributed by atoms with Crippen LogP contribution < -0.4 is 10.6 Å². The second-order valence-electron chi connectivity index (χ2n) is 7.45. The van der Waals surface area contributed by atoms with Gasteiger partial charge in [-0.15, -0.1) is 0 Å². The summed E-state index contributed by atoms with van der Waals surface area (Å²) in [5, 5.41) is 17.1. The zero-order valence-electron chi connectivity index (χ0n) is 16.4. The molecule has 150 valence electrons. The Labute approximate surface area is 169 Å². The average molecular weight is 391 g/mol. The number of aromatic hydroxyl groups is 1. The number of nitrogens with zero attached hydrogens (tertiary/aromatic N) is 1. The Morgan fingerprint density at radius 1 is 1.17 bits per heavy atom. The Morgan fingerprint density at radius 3 is 2.83 bits per heavy atom. The molecular formula is C23H25N3O3. The largest absolute Gasteiger partial charge is 0.508 e. The summed E-state index contributed by atoms with van der Waals surface area (Å²) in [5.74, 6) is 0.548.